The van der Waals surface area contributed by atoms with Gasteiger partial charge in [-0.15, -0.1) is 0 Å². The van der Waals surface area contributed by atoms with Crippen molar-refractivity contribution in [2.24, 2.45) is 5.92 Å². The molecule has 0 unspecified atom stereocenters. The van der Waals surface area contributed by atoms with Crippen LogP contribution < -0.4 is 0 Å². The second kappa shape index (κ2) is 11.3. The monoisotopic (exact) mass is 432 g/mol. The molecule has 0 N–H and O–H groups in total. The molecule has 5 heteroatoms. The summed E-state index contributed by atoms with van der Waals surface area (Å²) in [6, 6.07) is 21.2. The van der Waals surface area contributed by atoms with Gasteiger partial charge in [-0.2, -0.15) is 0 Å². The highest BCUT2D eigenvalue weighted by Crippen LogP contribution is 2.14. The number of furan rings is 1. The van der Waals surface area contributed by atoms with Crippen LogP contribution in [0.2, 0.25) is 0 Å². The van der Waals surface area contributed by atoms with Gasteiger partial charge in [0.05, 0.1) is 12.8 Å². The molecule has 3 aromatic rings. The maximum absolute atomic E-state index is 13.4. The van der Waals surface area contributed by atoms with Gasteiger partial charge in [0.2, 0.25) is 5.91 Å². The van der Waals surface area contributed by atoms with E-state index in [2.05, 4.69) is 20.8 Å². The topological polar surface area (TPSA) is 53.8 Å². The summed E-state index contributed by atoms with van der Waals surface area (Å²) >= 11 is 0. The SMILES string of the molecule is CCc1ccc(C(=O)N(CC(=O)N(Cc2ccccc2)Cc2ccco2)CC(C)C)cc1. The summed E-state index contributed by atoms with van der Waals surface area (Å²) in [5, 5.41) is 0. The number of carbonyl (C=O) groups excluding carboxylic acids is 2. The van der Waals surface area contributed by atoms with E-state index in [1.807, 2.05) is 66.7 Å². The molecule has 1 aromatic heterocycles. The summed E-state index contributed by atoms with van der Waals surface area (Å²) in [5.74, 6) is 0.734. The zero-order valence-electron chi connectivity index (χ0n) is 19.2. The fourth-order valence-corrected chi connectivity index (χ4v) is 3.62. The van der Waals surface area contributed by atoms with Crippen molar-refractivity contribution in [1.82, 2.24) is 9.80 Å². The van der Waals surface area contributed by atoms with Crippen molar-refractivity contribution < 1.29 is 14.0 Å². The predicted octanol–water partition coefficient (Wildman–Crippen LogP) is 5.17. The highest BCUT2D eigenvalue weighted by molar-refractivity contribution is 5.96. The van der Waals surface area contributed by atoms with Crippen molar-refractivity contribution >= 4 is 11.8 Å². The van der Waals surface area contributed by atoms with Crippen molar-refractivity contribution in [3.63, 3.8) is 0 Å². The van der Waals surface area contributed by atoms with Crippen LogP contribution in [-0.2, 0) is 24.3 Å². The molecule has 168 valence electrons. The molecule has 5 nitrogen and oxygen atoms in total. The number of rotatable bonds is 10. The van der Waals surface area contributed by atoms with E-state index in [9.17, 15) is 9.59 Å². The van der Waals surface area contributed by atoms with E-state index in [1.165, 1.54) is 5.56 Å². The molecule has 0 fully saturated rings. The van der Waals surface area contributed by atoms with Gasteiger partial charge in [-0.3, -0.25) is 9.59 Å². The van der Waals surface area contributed by atoms with Crippen LogP contribution in [0.1, 0.15) is 48.0 Å². The molecule has 2 amide bonds. The highest BCUT2D eigenvalue weighted by Gasteiger charge is 2.24. The number of benzene rings is 2. The fourth-order valence-electron chi connectivity index (χ4n) is 3.62. The van der Waals surface area contributed by atoms with Crippen molar-refractivity contribution in [2.45, 2.75) is 40.3 Å². The van der Waals surface area contributed by atoms with Gasteiger partial charge < -0.3 is 14.2 Å². The Morgan fingerprint density at radius 2 is 1.56 bits per heavy atom. The Bertz CT molecular complexity index is 980. The standard InChI is InChI=1S/C27H32N2O3/c1-4-22-12-14-24(15-13-22)27(31)29(17-21(2)3)20-26(30)28(19-25-11-8-16-32-25)18-23-9-6-5-7-10-23/h5-16,21H,4,17-20H2,1-3H3. The van der Waals surface area contributed by atoms with Crippen molar-refractivity contribution in [2.75, 3.05) is 13.1 Å². The zero-order valence-corrected chi connectivity index (χ0v) is 19.2. The van der Waals surface area contributed by atoms with E-state index in [4.69, 9.17) is 4.42 Å². The van der Waals surface area contributed by atoms with Gasteiger partial charge in [0.1, 0.15) is 12.3 Å². The molecular weight excluding hydrogens is 400 g/mol. The molecule has 0 saturated heterocycles. The zero-order chi connectivity index (χ0) is 22.9. The molecule has 32 heavy (non-hydrogen) atoms. The smallest absolute Gasteiger partial charge is 0.254 e. The van der Waals surface area contributed by atoms with Crippen LogP contribution in [0.4, 0.5) is 0 Å². The lowest BCUT2D eigenvalue weighted by atomic mass is 10.1. The maximum atomic E-state index is 13.4. The highest BCUT2D eigenvalue weighted by atomic mass is 16.3. The van der Waals surface area contributed by atoms with Crippen LogP contribution in [0.25, 0.3) is 0 Å². The number of hydrogen-bond acceptors (Lipinski definition) is 3. The largest absolute Gasteiger partial charge is 0.467 e. The Balaban J connectivity index is 1.79. The number of aryl methyl sites for hydroxylation is 1. The average Bonchev–Trinajstić information content (AvgIpc) is 3.31. The second-order valence-corrected chi connectivity index (χ2v) is 8.44. The molecule has 0 bridgehead atoms. The second-order valence-electron chi connectivity index (χ2n) is 8.44. The Labute approximate surface area is 190 Å². The summed E-state index contributed by atoms with van der Waals surface area (Å²) in [6.45, 7) is 7.54. The van der Waals surface area contributed by atoms with E-state index in [1.54, 1.807) is 16.1 Å². The van der Waals surface area contributed by atoms with Gasteiger partial charge in [-0.1, -0.05) is 63.2 Å². The normalized spacial score (nSPS) is 10.9. The first-order chi connectivity index (χ1) is 15.5. The van der Waals surface area contributed by atoms with Crippen molar-refractivity contribution in [1.29, 1.82) is 0 Å². The average molecular weight is 433 g/mol. The number of nitrogens with zero attached hydrogens (tertiary/aromatic N) is 2. The Morgan fingerprint density at radius 1 is 0.844 bits per heavy atom. The Kier molecular flexibility index (Phi) is 8.26. The molecule has 0 aliphatic carbocycles. The molecule has 1 heterocycles. The first-order valence-electron chi connectivity index (χ1n) is 11.2. The van der Waals surface area contributed by atoms with Gasteiger partial charge in [0, 0.05) is 18.7 Å². The lowest BCUT2D eigenvalue weighted by Crippen LogP contribution is -2.43. The van der Waals surface area contributed by atoms with E-state index in [0.717, 1.165) is 12.0 Å². The van der Waals surface area contributed by atoms with E-state index in [-0.39, 0.29) is 24.3 Å². The minimum atomic E-state index is -0.118. The third kappa shape index (κ3) is 6.58. The maximum Gasteiger partial charge on any atom is 0.254 e. The Morgan fingerprint density at radius 3 is 2.16 bits per heavy atom. The third-order valence-electron chi connectivity index (χ3n) is 5.30. The van der Waals surface area contributed by atoms with Crippen LogP contribution in [0.15, 0.2) is 77.4 Å². The third-order valence-corrected chi connectivity index (χ3v) is 5.30. The quantitative estimate of drug-likeness (QED) is 0.444. The number of carbonyl (C=O) groups is 2. The van der Waals surface area contributed by atoms with Gasteiger partial charge in [-0.05, 0) is 47.7 Å². The summed E-state index contributed by atoms with van der Waals surface area (Å²) < 4.78 is 5.49. The summed E-state index contributed by atoms with van der Waals surface area (Å²) in [4.78, 5) is 30.0. The van der Waals surface area contributed by atoms with Crippen LogP contribution in [-0.4, -0.2) is 34.7 Å². The van der Waals surface area contributed by atoms with E-state index in [0.29, 0.717) is 31.0 Å². The van der Waals surface area contributed by atoms with Crippen LogP contribution in [0.3, 0.4) is 0 Å². The first-order valence-corrected chi connectivity index (χ1v) is 11.2. The molecule has 0 atom stereocenters. The molecule has 0 radical (unpaired) electrons. The number of amides is 2. The van der Waals surface area contributed by atoms with Crippen molar-refractivity contribution in [3.05, 3.63) is 95.4 Å². The molecule has 0 spiro atoms. The number of hydrogen-bond donors (Lipinski definition) is 0. The minimum absolute atomic E-state index is 0.0279. The lowest BCUT2D eigenvalue weighted by Gasteiger charge is -2.28. The summed E-state index contributed by atoms with van der Waals surface area (Å²) in [6.07, 6.45) is 2.53. The first kappa shape index (κ1) is 23.3. The molecule has 0 aliphatic rings. The van der Waals surface area contributed by atoms with Crippen LogP contribution in [0.5, 0.6) is 0 Å². The van der Waals surface area contributed by atoms with E-state index >= 15 is 0 Å². The summed E-state index contributed by atoms with van der Waals surface area (Å²) in [5.41, 5.74) is 2.82. The summed E-state index contributed by atoms with van der Waals surface area (Å²) in [7, 11) is 0. The van der Waals surface area contributed by atoms with Crippen LogP contribution >= 0.6 is 0 Å². The van der Waals surface area contributed by atoms with Gasteiger partial charge >= 0.3 is 0 Å². The molecular formula is C27H32N2O3. The lowest BCUT2D eigenvalue weighted by molar-refractivity contribution is -0.133. The van der Waals surface area contributed by atoms with Gasteiger partial charge in [0.25, 0.3) is 5.91 Å². The molecule has 0 aliphatic heterocycles. The molecule has 2 aromatic carbocycles. The molecule has 0 saturated carbocycles. The minimum Gasteiger partial charge on any atom is -0.467 e. The molecule has 3 rings (SSSR count). The van der Waals surface area contributed by atoms with Gasteiger partial charge in [-0.25, -0.2) is 0 Å². The van der Waals surface area contributed by atoms with E-state index < -0.39 is 0 Å². The fraction of sp³-hybridized carbons (Fsp3) is 0.333. The van der Waals surface area contributed by atoms with Crippen LogP contribution in [0, 0.1) is 5.92 Å². The van der Waals surface area contributed by atoms with Gasteiger partial charge in [0.15, 0.2) is 0 Å². The predicted molar refractivity (Wildman–Crippen MR) is 126 cm³/mol. The Hall–Kier alpha value is -3.34. The van der Waals surface area contributed by atoms with Crippen molar-refractivity contribution in [3.8, 4) is 0 Å².